The summed E-state index contributed by atoms with van der Waals surface area (Å²) in [5, 5.41) is 5.31. The van der Waals surface area contributed by atoms with Gasteiger partial charge in [0.05, 0.1) is 24.7 Å². The average Bonchev–Trinajstić information content (AvgIpc) is 2.73. The van der Waals surface area contributed by atoms with Crippen molar-refractivity contribution in [3.05, 3.63) is 45.7 Å². The summed E-state index contributed by atoms with van der Waals surface area (Å²) in [5.74, 6) is -1.50. The minimum atomic E-state index is -0.976. The van der Waals surface area contributed by atoms with Crippen LogP contribution in [0.3, 0.4) is 0 Å². The molecule has 1 atom stereocenters. The second kappa shape index (κ2) is 8.07. The van der Waals surface area contributed by atoms with Crippen molar-refractivity contribution in [2.45, 2.75) is 19.3 Å². The van der Waals surface area contributed by atoms with Gasteiger partial charge < -0.3 is 20.3 Å². The van der Waals surface area contributed by atoms with E-state index in [0.29, 0.717) is 43.5 Å². The fraction of sp³-hybridized carbons (Fsp3) is 0.350. The molecule has 3 heterocycles. The van der Waals surface area contributed by atoms with Gasteiger partial charge in [-0.3, -0.25) is 24.2 Å². The van der Waals surface area contributed by atoms with Crippen LogP contribution in [-0.2, 0) is 14.3 Å². The summed E-state index contributed by atoms with van der Waals surface area (Å²) in [7, 11) is 0. The maximum Gasteiger partial charge on any atom is 0.258 e. The van der Waals surface area contributed by atoms with E-state index in [0.717, 1.165) is 0 Å². The molecule has 1 unspecified atom stereocenters. The van der Waals surface area contributed by atoms with Crippen LogP contribution >= 0.6 is 0 Å². The molecule has 1 aromatic carbocycles. The predicted molar refractivity (Wildman–Crippen MR) is 109 cm³/mol. The number of rotatable bonds is 4. The number of Topliss-reactive ketones (excluding diaryl/α,β-unsaturated/α-hetero) is 1. The lowest BCUT2D eigenvalue weighted by molar-refractivity contribution is -0.123. The summed E-state index contributed by atoms with van der Waals surface area (Å²) in [6, 6.07) is 6.40. The highest BCUT2D eigenvalue weighted by Crippen LogP contribution is 2.30. The minimum absolute atomic E-state index is 0.0839. The summed E-state index contributed by atoms with van der Waals surface area (Å²) in [4.78, 5) is 58.2. The number of anilines is 3. The Morgan fingerprint density at radius 1 is 1.17 bits per heavy atom. The Kier molecular flexibility index (Phi) is 5.32. The number of ketones is 1. The van der Waals surface area contributed by atoms with E-state index in [4.69, 9.17) is 4.74 Å². The smallest absolute Gasteiger partial charge is 0.258 e. The number of nitrogens with one attached hydrogen (secondary N) is 3. The van der Waals surface area contributed by atoms with E-state index in [-0.39, 0.29) is 29.5 Å². The zero-order valence-electron chi connectivity index (χ0n) is 16.4. The molecule has 0 bridgehead atoms. The van der Waals surface area contributed by atoms with Crippen LogP contribution in [0.1, 0.15) is 35.2 Å². The zero-order chi connectivity index (χ0) is 21.3. The van der Waals surface area contributed by atoms with E-state index in [1.165, 1.54) is 6.92 Å². The summed E-state index contributed by atoms with van der Waals surface area (Å²) in [6.45, 7) is 3.61. The number of carbonyl (C=O) groups excluding carboxylic acids is 3. The molecule has 0 spiro atoms. The van der Waals surface area contributed by atoms with Crippen molar-refractivity contribution in [1.29, 1.82) is 0 Å². The van der Waals surface area contributed by atoms with Gasteiger partial charge in [0.2, 0.25) is 17.8 Å². The second-order valence-corrected chi connectivity index (χ2v) is 7.18. The SMILES string of the molecule is CC(=O)c1ccc(NC(=O)C2CC(=O)Nc3nc(N4CCOCC4)[nH]c(=O)c32)cc1. The number of hydrogen-bond donors (Lipinski definition) is 3. The molecule has 156 valence electrons. The summed E-state index contributed by atoms with van der Waals surface area (Å²) < 4.78 is 5.30. The Balaban J connectivity index is 1.60. The Hall–Kier alpha value is -3.53. The van der Waals surface area contributed by atoms with E-state index in [9.17, 15) is 19.2 Å². The largest absolute Gasteiger partial charge is 0.378 e. The fourth-order valence-electron chi connectivity index (χ4n) is 3.53. The molecule has 1 aromatic heterocycles. The van der Waals surface area contributed by atoms with Crippen molar-refractivity contribution in [2.24, 2.45) is 0 Å². The first-order chi connectivity index (χ1) is 14.4. The van der Waals surface area contributed by atoms with Crippen molar-refractivity contribution in [3.63, 3.8) is 0 Å². The monoisotopic (exact) mass is 411 g/mol. The number of aromatic nitrogens is 2. The molecular weight excluding hydrogens is 390 g/mol. The number of benzene rings is 1. The molecule has 0 radical (unpaired) electrons. The van der Waals surface area contributed by atoms with Crippen LogP contribution in [0.5, 0.6) is 0 Å². The van der Waals surface area contributed by atoms with E-state index in [1.807, 2.05) is 4.90 Å². The molecule has 1 fully saturated rings. The number of carbonyl (C=O) groups is 3. The van der Waals surface area contributed by atoms with Crippen LogP contribution in [0.25, 0.3) is 0 Å². The predicted octanol–water partition coefficient (Wildman–Crippen LogP) is 0.874. The van der Waals surface area contributed by atoms with Crippen LogP contribution in [0, 0.1) is 0 Å². The van der Waals surface area contributed by atoms with Gasteiger partial charge in [0.1, 0.15) is 5.82 Å². The Morgan fingerprint density at radius 3 is 2.53 bits per heavy atom. The summed E-state index contributed by atoms with van der Waals surface area (Å²) in [5.41, 5.74) is 0.650. The van der Waals surface area contributed by atoms with Crippen molar-refractivity contribution in [2.75, 3.05) is 41.8 Å². The third-order valence-electron chi connectivity index (χ3n) is 5.12. The van der Waals surface area contributed by atoms with Crippen LogP contribution in [0.4, 0.5) is 17.5 Å². The molecular formula is C20H21N5O5. The van der Waals surface area contributed by atoms with Crippen LogP contribution in [0.15, 0.2) is 29.1 Å². The lowest BCUT2D eigenvalue weighted by Crippen LogP contribution is -2.41. The first kappa shape index (κ1) is 19.8. The topological polar surface area (TPSA) is 133 Å². The number of H-pyrrole nitrogens is 1. The van der Waals surface area contributed by atoms with E-state index >= 15 is 0 Å². The van der Waals surface area contributed by atoms with Gasteiger partial charge in [-0.05, 0) is 31.2 Å². The first-order valence-corrected chi connectivity index (χ1v) is 9.61. The number of fused-ring (bicyclic) bond motifs is 1. The normalized spacial score (nSPS) is 18.4. The third-order valence-corrected chi connectivity index (χ3v) is 5.12. The van der Waals surface area contributed by atoms with Crippen molar-refractivity contribution in [3.8, 4) is 0 Å². The van der Waals surface area contributed by atoms with Gasteiger partial charge in [-0.15, -0.1) is 0 Å². The van der Waals surface area contributed by atoms with Gasteiger partial charge in [0.25, 0.3) is 5.56 Å². The molecule has 10 nitrogen and oxygen atoms in total. The molecule has 3 N–H and O–H groups in total. The molecule has 2 amide bonds. The van der Waals surface area contributed by atoms with Gasteiger partial charge >= 0.3 is 0 Å². The van der Waals surface area contributed by atoms with Crippen LogP contribution < -0.4 is 21.1 Å². The highest BCUT2D eigenvalue weighted by Gasteiger charge is 2.35. The molecule has 4 rings (SSSR count). The number of aromatic amines is 1. The van der Waals surface area contributed by atoms with Crippen molar-refractivity contribution in [1.82, 2.24) is 9.97 Å². The molecule has 0 aliphatic carbocycles. The molecule has 1 saturated heterocycles. The Bertz CT molecular complexity index is 1060. The van der Waals surface area contributed by atoms with Gasteiger partial charge in [0, 0.05) is 30.8 Å². The fourth-order valence-corrected chi connectivity index (χ4v) is 3.53. The zero-order valence-corrected chi connectivity index (χ0v) is 16.4. The van der Waals surface area contributed by atoms with E-state index in [1.54, 1.807) is 24.3 Å². The maximum atomic E-state index is 12.9. The summed E-state index contributed by atoms with van der Waals surface area (Å²) >= 11 is 0. The van der Waals surface area contributed by atoms with Gasteiger partial charge in [-0.1, -0.05) is 0 Å². The van der Waals surface area contributed by atoms with Crippen molar-refractivity contribution < 1.29 is 19.1 Å². The molecule has 10 heteroatoms. The number of amides is 2. The number of hydrogen-bond acceptors (Lipinski definition) is 7. The maximum absolute atomic E-state index is 12.9. The Morgan fingerprint density at radius 2 is 1.87 bits per heavy atom. The number of nitrogens with zero attached hydrogens (tertiary/aromatic N) is 2. The van der Waals surface area contributed by atoms with Gasteiger partial charge in [0.15, 0.2) is 5.78 Å². The van der Waals surface area contributed by atoms with Crippen molar-refractivity contribution >= 4 is 35.1 Å². The van der Waals surface area contributed by atoms with E-state index in [2.05, 4.69) is 20.6 Å². The molecule has 2 aliphatic rings. The quantitative estimate of drug-likeness (QED) is 0.636. The first-order valence-electron chi connectivity index (χ1n) is 9.61. The highest BCUT2D eigenvalue weighted by molar-refractivity contribution is 6.04. The van der Waals surface area contributed by atoms with E-state index < -0.39 is 17.4 Å². The number of morpholine rings is 1. The third kappa shape index (κ3) is 3.94. The molecule has 30 heavy (non-hydrogen) atoms. The minimum Gasteiger partial charge on any atom is -0.378 e. The average molecular weight is 411 g/mol. The summed E-state index contributed by atoms with van der Waals surface area (Å²) in [6.07, 6.45) is -0.161. The molecule has 2 aromatic rings. The molecule has 0 saturated carbocycles. The lowest BCUT2D eigenvalue weighted by atomic mass is 9.92. The lowest BCUT2D eigenvalue weighted by Gasteiger charge is -2.29. The van der Waals surface area contributed by atoms with Crippen LogP contribution in [0.2, 0.25) is 0 Å². The standard InChI is InChI=1S/C20H21N5O5/c1-11(26)12-2-4-13(5-3-12)21-18(28)14-10-15(27)22-17-16(14)19(29)24-20(23-17)25-6-8-30-9-7-25/h2-5,14H,6-10H2,1H3,(H,21,28)(H2,22,23,24,27,29). The number of ether oxygens (including phenoxy) is 1. The second-order valence-electron chi connectivity index (χ2n) is 7.18. The molecule has 2 aliphatic heterocycles. The highest BCUT2D eigenvalue weighted by atomic mass is 16.5. The van der Waals surface area contributed by atoms with Crippen LogP contribution in [-0.4, -0.2) is 53.9 Å². The van der Waals surface area contributed by atoms with Gasteiger partial charge in [-0.25, -0.2) is 0 Å². The Labute approximate surface area is 171 Å². The van der Waals surface area contributed by atoms with Gasteiger partial charge in [-0.2, -0.15) is 4.98 Å².